The van der Waals surface area contributed by atoms with Gasteiger partial charge in [0, 0.05) is 5.54 Å². The molecular formula is C38H54Si. The maximum atomic E-state index is 2.68. The molecule has 1 aliphatic rings. The summed E-state index contributed by atoms with van der Waals surface area (Å²) in [6.07, 6.45) is 23.0. The highest BCUT2D eigenvalue weighted by Crippen LogP contribution is 2.49. The lowest BCUT2D eigenvalue weighted by Crippen LogP contribution is -2.50. The number of benzene rings is 3. The lowest BCUT2D eigenvalue weighted by Gasteiger charge is -2.36. The van der Waals surface area contributed by atoms with Crippen LogP contribution in [0.3, 0.4) is 0 Å². The van der Waals surface area contributed by atoms with Crippen LogP contribution in [0, 0.1) is 0 Å². The van der Waals surface area contributed by atoms with Crippen molar-refractivity contribution >= 4 is 13.3 Å². The highest BCUT2D eigenvalue weighted by Gasteiger charge is 2.44. The molecule has 0 bridgehead atoms. The summed E-state index contributed by atoms with van der Waals surface area (Å²) in [6.45, 7) is 4.98. The van der Waals surface area contributed by atoms with Gasteiger partial charge in [-0.25, -0.2) is 0 Å². The summed E-state index contributed by atoms with van der Waals surface area (Å²) in [7, 11) is -1.80. The van der Waals surface area contributed by atoms with Crippen molar-refractivity contribution in [3.63, 3.8) is 0 Å². The van der Waals surface area contributed by atoms with Crippen molar-refractivity contribution in [2.75, 3.05) is 0 Å². The van der Waals surface area contributed by atoms with Crippen LogP contribution in [0.15, 0.2) is 78.9 Å². The largest absolute Gasteiger partial charge is 0.0957 e. The Morgan fingerprint density at radius 2 is 0.846 bits per heavy atom. The third-order valence-corrected chi connectivity index (χ3v) is 14.4. The number of unbranched alkanes of at least 4 members (excludes halogenated alkanes) is 15. The van der Waals surface area contributed by atoms with Crippen LogP contribution in [0.25, 0.3) is 11.1 Å². The smallest absolute Gasteiger partial charge is 0.0654 e. The van der Waals surface area contributed by atoms with E-state index in [1.165, 1.54) is 120 Å². The normalized spacial score (nSPS) is 14.2. The molecule has 0 N–H and O–H groups in total. The zero-order valence-corrected chi connectivity index (χ0v) is 26.1. The number of hydrogen-bond donors (Lipinski definition) is 0. The zero-order valence-electron chi connectivity index (χ0n) is 25.1. The molecule has 210 valence electrons. The first-order valence-electron chi connectivity index (χ1n) is 16.5. The third-order valence-electron chi connectivity index (χ3n) is 9.45. The topological polar surface area (TPSA) is 0 Å². The molecule has 0 saturated carbocycles. The van der Waals surface area contributed by atoms with Crippen molar-refractivity contribution < 1.29 is 0 Å². The van der Waals surface area contributed by atoms with E-state index in [1.807, 2.05) is 0 Å². The first-order valence-corrected chi connectivity index (χ1v) is 19.3. The van der Waals surface area contributed by atoms with Gasteiger partial charge in [0.1, 0.15) is 0 Å². The Hall–Kier alpha value is -2.12. The molecule has 1 atom stereocenters. The summed E-state index contributed by atoms with van der Waals surface area (Å²) in [6, 6.07) is 31.4. The second kappa shape index (κ2) is 16.2. The summed E-state index contributed by atoms with van der Waals surface area (Å²) >= 11 is 0. The minimum Gasteiger partial charge on any atom is -0.0654 e. The molecule has 0 spiro atoms. The van der Waals surface area contributed by atoms with Crippen molar-refractivity contribution in [2.45, 2.75) is 128 Å². The van der Waals surface area contributed by atoms with Gasteiger partial charge in [0.05, 0.1) is 8.07 Å². The number of fused-ring (bicyclic) bond motifs is 3. The molecule has 1 aliphatic carbocycles. The third kappa shape index (κ3) is 8.20. The van der Waals surface area contributed by atoms with Gasteiger partial charge in [0.25, 0.3) is 0 Å². The lowest BCUT2D eigenvalue weighted by molar-refractivity contribution is 0.531. The van der Waals surface area contributed by atoms with E-state index < -0.39 is 8.07 Å². The molecule has 0 radical (unpaired) electrons. The van der Waals surface area contributed by atoms with Gasteiger partial charge in [0.2, 0.25) is 0 Å². The molecule has 0 amide bonds. The van der Waals surface area contributed by atoms with Crippen molar-refractivity contribution in [1.29, 1.82) is 0 Å². The maximum absolute atomic E-state index is 2.68. The standard InChI is InChI=1S/C38H54Si/c1-3-4-5-6-7-8-9-10-11-12-13-14-15-16-17-25-32-39(2,33-26-19-18-20-27-33)38-36-30-23-21-28-34(36)35-29-22-24-31-37(35)38/h18-24,26-31,38H,3-17,25,32H2,1-2H3. The second-order valence-electron chi connectivity index (χ2n) is 12.4. The van der Waals surface area contributed by atoms with E-state index in [1.54, 1.807) is 16.3 Å². The SMILES string of the molecule is CCCCCCCCCCCCCCCCCC[Si](C)(c1ccccc1)C1c2ccccc2-c2ccccc21. The predicted octanol–water partition coefficient (Wildman–Crippen LogP) is 11.6. The average molecular weight is 539 g/mol. The predicted molar refractivity (Wildman–Crippen MR) is 176 cm³/mol. The minimum atomic E-state index is -1.80. The molecule has 0 aliphatic heterocycles. The van der Waals surface area contributed by atoms with E-state index in [-0.39, 0.29) is 0 Å². The number of rotatable bonds is 19. The molecule has 3 aromatic rings. The lowest BCUT2D eigenvalue weighted by atomic mass is 10.0. The van der Waals surface area contributed by atoms with Crippen LogP contribution in [0.5, 0.6) is 0 Å². The van der Waals surface area contributed by atoms with Crippen LogP contribution in [0.4, 0.5) is 0 Å². The van der Waals surface area contributed by atoms with Gasteiger partial charge in [-0.05, 0) is 22.3 Å². The Morgan fingerprint density at radius 3 is 1.31 bits per heavy atom. The minimum absolute atomic E-state index is 0.559. The van der Waals surface area contributed by atoms with Crippen LogP contribution in [-0.2, 0) is 0 Å². The van der Waals surface area contributed by atoms with Crippen molar-refractivity contribution in [2.24, 2.45) is 0 Å². The van der Waals surface area contributed by atoms with Crippen molar-refractivity contribution in [3.8, 4) is 11.1 Å². The summed E-state index contributed by atoms with van der Waals surface area (Å²) in [4.78, 5) is 0. The Morgan fingerprint density at radius 1 is 0.462 bits per heavy atom. The maximum Gasteiger partial charge on any atom is 0.0957 e. The molecule has 0 fully saturated rings. The fourth-order valence-electron chi connectivity index (χ4n) is 7.16. The summed E-state index contributed by atoms with van der Waals surface area (Å²) in [5.74, 6) is 0. The molecule has 1 unspecified atom stereocenters. The first kappa shape index (κ1) is 29.8. The fraction of sp³-hybridized carbons (Fsp3) is 0.526. The van der Waals surface area contributed by atoms with E-state index >= 15 is 0 Å². The average Bonchev–Trinajstić information content (AvgIpc) is 3.32. The Balaban J connectivity index is 1.22. The number of hydrogen-bond acceptors (Lipinski definition) is 0. The van der Waals surface area contributed by atoms with E-state index in [0.29, 0.717) is 5.54 Å². The van der Waals surface area contributed by atoms with Gasteiger partial charge in [-0.3, -0.25) is 0 Å². The molecule has 0 heterocycles. The van der Waals surface area contributed by atoms with Crippen molar-refractivity contribution in [1.82, 2.24) is 0 Å². The molecule has 0 saturated heterocycles. The molecule has 0 nitrogen and oxygen atoms in total. The van der Waals surface area contributed by atoms with E-state index in [9.17, 15) is 0 Å². The summed E-state index contributed by atoms with van der Waals surface area (Å²) < 4.78 is 0. The summed E-state index contributed by atoms with van der Waals surface area (Å²) in [5, 5.41) is 1.63. The van der Waals surface area contributed by atoms with E-state index in [4.69, 9.17) is 0 Å². The van der Waals surface area contributed by atoms with Gasteiger partial charge in [-0.15, -0.1) is 0 Å². The van der Waals surface area contributed by atoms with Gasteiger partial charge in [-0.2, -0.15) is 0 Å². The molecular weight excluding hydrogens is 485 g/mol. The molecule has 4 rings (SSSR count). The molecule has 0 aromatic heterocycles. The van der Waals surface area contributed by atoms with Gasteiger partial charge < -0.3 is 0 Å². The first-order chi connectivity index (χ1) is 19.3. The van der Waals surface area contributed by atoms with Gasteiger partial charge in [-0.1, -0.05) is 206 Å². The molecule has 39 heavy (non-hydrogen) atoms. The molecule has 1 heteroatoms. The highest BCUT2D eigenvalue weighted by atomic mass is 28.3. The Labute approximate surface area is 241 Å². The Bertz CT molecular complexity index is 1040. The van der Waals surface area contributed by atoms with E-state index in [0.717, 1.165) is 0 Å². The quantitative estimate of drug-likeness (QED) is 0.105. The zero-order chi connectivity index (χ0) is 27.2. The van der Waals surface area contributed by atoms with Crippen LogP contribution >= 0.6 is 0 Å². The summed E-state index contributed by atoms with van der Waals surface area (Å²) in [5.41, 5.74) is 6.66. The van der Waals surface area contributed by atoms with Crippen LogP contribution in [0.2, 0.25) is 12.6 Å². The fourth-order valence-corrected chi connectivity index (χ4v) is 11.9. The Kier molecular flexibility index (Phi) is 12.4. The van der Waals surface area contributed by atoms with Crippen LogP contribution < -0.4 is 5.19 Å². The monoisotopic (exact) mass is 538 g/mol. The van der Waals surface area contributed by atoms with Crippen LogP contribution in [0.1, 0.15) is 126 Å². The van der Waals surface area contributed by atoms with E-state index in [2.05, 4.69) is 92.3 Å². The highest BCUT2D eigenvalue weighted by molar-refractivity contribution is 6.92. The van der Waals surface area contributed by atoms with Gasteiger partial charge in [0.15, 0.2) is 0 Å². The van der Waals surface area contributed by atoms with Crippen molar-refractivity contribution in [3.05, 3.63) is 90.0 Å². The second-order valence-corrected chi connectivity index (χ2v) is 16.9. The van der Waals surface area contributed by atoms with Crippen LogP contribution in [-0.4, -0.2) is 8.07 Å². The molecule has 3 aromatic carbocycles. The van der Waals surface area contributed by atoms with Gasteiger partial charge >= 0.3 is 0 Å².